The van der Waals surface area contributed by atoms with Crippen LogP contribution >= 0.6 is 0 Å². The molecule has 9 aromatic rings. The predicted octanol–water partition coefficient (Wildman–Crippen LogP) is 16.5. The SMILES string of the molecule is CC(C)(C)c1cc(Oc2ccc3c4ccccc4n(-c4cc(C(C)(C)c5ccccc5)ccn4)c3c2)cc(N2CN(c3ccc(C(C)(C)c4ccccc4)cc3)c3ccc(C(C)(C)C)cc32)c1. The molecule has 3 heterocycles. The Morgan fingerprint density at radius 1 is 0.403 bits per heavy atom. The van der Waals surface area contributed by atoms with Gasteiger partial charge < -0.3 is 14.5 Å². The molecule has 1 aliphatic rings. The third-order valence-electron chi connectivity index (χ3n) is 14.2. The van der Waals surface area contributed by atoms with Crippen LogP contribution in [0.1, 0.15) is 103 Å². The van der Waals surface area contributed by atoms with E-state index in [2.05, 4.69) is 260 Å². The molecule has 0 aliphatic carbocycles. The number of rotatable bonds is 9. The van der Waals surface area contributed by atoms with E-state index in [9.17, 15) is 0 Å². The Labute approximate surface area is 397 Å². The van der Waals surface area contributed by atoms with E-state index in [0.717, 1.165) is 45.1 Å². The second kappa shape index (κ2) is 16.3. The van der Waals surface area contributed by atoms with Gasteiger partial charge in [0.25, 0.3) is 0 Å². The number of nitrogens with zero attached hydrogens (tertiary/aromatic N) is 4. The Kier molecular flexibility index (Phi) is 10.7. The molecule has 0 saturated carbocycles. The highest BCUT2D eigenvalue weighted by molar-refractivity contribution is 6.09. The van der Waals surface area contributed by atoms with Crippen LogP contribution in [0.15, 0.2) is 182 Å². The van der Waals surface area contributed by atoms with Crippen molar-refractivity contribution >= 4 is 44.6 Å². The van der Waals surface area contributed by atoms with Gasteiger partial charge in [-0.05, 0) is 111 Å². The number of hydrogen-bond donors (Lipinski definition) is 0. The summed E-state index contributed by atoms with van der Waals surface area (Å²) in [6, 6.07) is 64.0. The van der Waals surface area contributed by atoms with Crippen molar-refractivity contribution in [1.82, 2.24) is 9.55 Å². The molecule has 67 heavy (non-hydrogen) atoms. The van der Waals surface area contributed by atoms with Crippen molar-refractivity contribution < 1.29 is 4.74 Å². The number of aromatic nitrogens is 2. The minimum atomic E-state index is -0.215. The molecule has 0 spiro atoms. The predicted molar refractivity (Wildman–Crippen MR) is 282 cm³/mol. The van der Waals surface area contributed by atoms with Gasteiger partial charge in [0.1, 0.15) is 24.0 Å². The first kappa shape index (κ1) is 43.8. The van der Waals surface area contributed by atoms with Gasteiger partial charge in [-0.2, -0.15) is 0 Å². The summed E-state index contributed by atoms with van der Waals surface area (Å²) in [5.74, 6) is 2.45. The van der Waals surface area contributed by atoms with Gasteiger partial charge in [0, 0.05) is 51.3 Å². The molecular weight excluding hydrogens is 817 g/mol. The average Bonchev–Trinajstić information content (AvgIpc) is 3.87. The van der Waals surface area contributed by atoms with Crippen LogP contribution in [0.2, 0.25) is 0 Å². The standard InChI is InChI=1S/C62H62N4O/c1-59(2,3)45-27-32-55-57(37-45)65(41-64(55)48-28-25-44(26-29-48)61(7,8)42-19-13-11-14-20-42)49-35-47(60(4,5)6)36-51(39-49)67-50-30-31-53-52-23-17-18-24-54(52)66(56(53)40-50)58-38-46(33-34-63-58)62(9,10)43-21-15-12-16-22-43/h11-40H,41H2,1-10H3. The van der Waals surface area contributed by atoms with E-state index in [1.165, 1.54) is 50.1 Å². The first-order chi connectivity index (χ1) is 32.0. The molecule has 5 nitrogen and oxygen atoms in total. The fraction of sp³-hybridized carbons (Fsp3) is 0.242. The number of para-hydroxylation sites is 1. The van der Waals surface area contributed by atoms with E-state index in [-0.39, 0.29) is 21.7 Å². The maximum absolute atomic E-state index is 7.03. The van der Waals surface area contributed by atoms with Crippen LogP contribution in [0.3, 0.4) is 0 Å². The summed E-state index contributed by atoms with van der Waals surface area (Å²) in [5.41, 5.74) is 13.9. The maximum Gasteiger partial charge on any atom is 0.137 e. The van der Waals surface area contributed by atoms with E-state index in [1.54, 1.807) is 0 Å². The number of anilines is 4. The van der Waals surface area contributed by atoms with Crippen molar-refractivity contribution in [3.05, 3.63) is 216 Å². The molecule has 10 rings (SSSR count). The monoisotopic (exact) mass is 878 g/mol. The number of hydrogen-bond acceptors (Lipinski definition) is 4. The normalized spacial score (nSPS) is 13.4. The van der Waals surface area contributed by atoms with Gasteiger partial charge in [-0.3, -0.25) is 4.57 Å². The number of benzene rings is 7. The summed E-state index contributed by atoms with van der Waals surface area (Å²) in [5, 5.41) is 2.33. The highest BCUT2D eigenvalue weighted by Gasteiger charge is 2.32. The van der Waals surface area contributed by atoms with Gasteiger partial charge >= 0.3 is 0 Å². The third-order valence-corrected chi connectivity index (χ3v) is 14.2. The van der Waals surface area contributed by atoms with Crippen LogP contribution in [-0.4, -0.2) is 16.2 Å². The molecule has 5 heteroatoms. The summed E-state index contributed by atoms with van der Waals surface area (Å²) < 4.78 is 9.32. The molecular formula is C62H62N4O. The number of pyridine rings is 1. The molecule has 0 N–H and O–H groups in total. The maximum atomic E-state index is 7.03. The summed E-state index contributed by atoms with van der Waals surface area (Å²) in [6.07, 6.45) is 1.94. The lowest BCUT2D eigenvalue weighted by molar-refractivity contribution is 0.479. The zero-order chi connectivity index (χ0) is 46.9. The fourth-order valence-corrected chi connectivity index (χ4v) is 9.83. The lowest BCUT2D eigenvalue weighted by atomic mass is 9.78. The van der Waals surface area contributed by atoms with Crippen LogP contribution in [0.5, 0.6) is 11.5 Å². The molecule has 0 atom stereocenters. The Hall–Kier alpha value is -7.11. The van der Waals surface area contributed by atoms with Gasteiger partial charge in [0.05, 0.1) is 22.4 Å². The van der Waals surface area contributed by atoms with Crippen LogP contribution in [0.4, 0.5) is 22.7 Å². The van der Waals surface area contributed by atoms with Crippen molar-refractivity contribution in [1.29, 1.82) is 0 Å². The van der Waals surface area contributed by atoms with Crippen LogP contribution in [-0.2, 0) is 21.7 Å². The zero-order valence-corrected chi connectivity index (χ0v) is 40.7. The fourth-order valence-electron chi connectivity index (χ4n) is 9.83. The number of ether oxygens (including phenoxy) is 1. The minimum absolute atomic E-state index is 0.0175. The Morgan fingerprint density at radius 2 is 0.985 bits per heavy atom. The van der Waals surface area contributed by atoms with Gasteiger partial charge in [-0.25, -0.2) is 4.98 Å². The first-order valence-electron chi connectivity index (χ1n) is 23.7. The van der Waals surface area contributed by atoms with Crippen LogP contribution < -0.4 is 14.5 Å². The van der Waals surface area contributed by atoms with Gasteiger partial charge in [-0.1, -0.05) is 166 Å². The third kappa shape index (κ3) is 8.05. The van der Waals surface area contributed by atoms with E-state index in [0.29, 0.717) is 6.67 Å². The van der Waals surface area contributed by atoms with Crippen molar-refractivity contribution in [2.45, 2.75) is 90.9 Å². The molecule has 0 fully saturated rings. The highest BCUT2D eigenvalue weighted by Crippen LogP contribution is 2.48. The van der Waals surface area contributed by atoms with E-state index < -0.39 is 0 Å². The Balaban J connectivity index is 1.04. The molecule has 7 aromatic carbocycles. The van der Waals surface area contributed by atoms with Gasteiger partial charge in [0.15, 0.2) is 0 Å². The molecule has 336 valence electrons. The second-order valence-corrected chi connectivity index (χ2v) is 21.5. The van der Waals surface area contributed by atoms with E-state index in [1.807, 2.05) is 6.20 Å². The van der Waals surface area contributed by atoms with Gasteiger partial charge in [-0.15, -0.1) is 0 Å². The summed E-state index contributed by atoms with van der Waals surface area (Å²) in [7, 11) is 0. The van der Waals surface area contributed by atoms with Gasteiger partial charge in [0.2, 0.25) is 0 Å². The first-order valence-corrected chi connectivity index (χ1v) is 23.7. The lowest BCUT2D eigenvalue weighted by Crippen LogP contribution is -2.25. The summed E-state index contributed by atoms with van der Waals surface area (Å²) in [6.45, 7) is 23.6. The molecule has 1 aliphatic heterocycles. The largest absolute Gasteiger partial charge is 0.457 e. The lowest BCUT2D eigenvalue weighted by Gasteiger charge is -2.28. The van der Waals surface area contributed by atoms with Crippen molar-refractivity contribution in [2.75, 3.05) is 16.5 Å². The second-order valence-electron chi connectivity index (χ2n) is 21.5. The molecule has 2 aromatic heterocycles. The Morgan fingerprint density at radius 3 is 1.66 bits per heavy atom. The quantitative estimate of drug-likeness (QED) is 0.145. The highest BCUT2D eigenvalue weighted by atomic mass is 16.5. The minimum Gasteiger partial charge on any atom is -0.457 e. The summed E-state index contributed by atoms with van der Waals surface area (Å²) in [4.78, 5) is 9.91. The molecule has 0 saturated heterocycles. The van der Waals surface area contributed by atoms with E-state index in [4.69, 9.17) is 9.72 Å². The Bertz CT molecular complexity index is 3260. The van der Waals surface area contributed by atoms with Crippen molar-refractivity contribution in [3.8, 4) is 17.3 Å². The topological polar surface area (TPSA) is 33.5 Å². The molecule has 0 unspecified atom stereocenters. The van der Waals surface area contributed by atoms with Crippen molar-refractivity contribution in [3.63, 3.8) is 0 Å². The molecule has 0 bridgehead atoms. The smallest absolute Gasteiger partial charge is 0.137 e. The van der Waals surface area contributed by atoms with E-state index >= 15 is 0 Å². The average molecular weight is 879 g/mol. The number of fused-ring (bicyclic) bond motifs is 4. The molecule has 0 amide bonds. The van der Waals surface area contributed by atoms with Crippen LogP contribution in [0.25, 0.3) is 27.6 Å². The summed E-state index contributed by atoms with van der Waals surface area (Å²) >= 11 is 0. The molecule has 0 radical (unpaired) electrons. The van der Waals surface area contributed by atoms with Crippen LogP contribution in [0, 0.1) is 0 Å². The van der Waals surface area contributed by atoms with Crippen molar-refractivity contribution in [2.24, 2.45) is 0 Å². The zero-order valence-electron chi connectivity index (χ0n) is 40.7.